The minimum atomic E-state index is -0.629. The number of hydrogen-bond donors (Lipinski definition) is 1. The summed E-state index contributed by atoms with van der Waals surface area (Å²) in [6.45, 7) is -0.461. The van der Waals surface area contributed by atoms with E-state index in [1.165, 1.54) is 6.07 Å². The number of carbonyl (C=O) groups is 4. The van der Waals surface area contributed by atoms with Crippen molar-refractivity contribution in [3.05, 3.63) is 83.2 Å². The van der Waals surface area contributed by atoms with E-state index in [1.807, 2.05) is 12.1 Å². The van der Waals surface area contributed by atoms with Gasteiger partial charge in [0, 0.05) is 41.6 Å². The number of hydrogen-bond acceptors (Lipinski definition) is 5. The Morgan fingerprint density at radius 1 is 0.909 bits per heavy atom. The van der Waals surface area contributed by atoms with Crippen LogP contribution in [0.15, 0.2) is 60.7 Å². The Morgan fingerprint density at radius 2 is 1.58 bits per heavy atom. The molecule has 0 aromatic heterocycles. The van der Waals surface area contributed by atoms with Crippen LogP contribution in [0.5, 0.6) is 0 Å². The van der Waals surface area contributed by atoms with Crippen LogP contribution in [-0.2, 0) is 20.9 Å². The lowest BCUT2D eigenvalue weighted by Gasteiger charge is -2.27. The van der Waals surface area contributed by atoms with Crippen molar-refractivity contribution in [1.29, 1.82) is 0 Å². The molecule has 0 atom stereocenters. The maximum absolute atomic E-state index is 13.6. The van der Waals surface area contributed by atoms with E-state index in [-0.39, 0.29) is 25.9 Å². The third-order valence-corrected chi connectivity index (χ3v) is 5.42. The fourth-order valence-corrected chi connectivity index (χ4v) is 3.77. The summed E-state index contributed by atoms with van der Waals surface area (Å²) < 4.78 is 18.5. The van der Waals surface area contributed by atoms with Crippen molar-refractivity contribution in [3.63, 3.8) is 0 Å². The van der Waals surface area contributed by atoms with E-state index in [0.717, 1.165) is 10.3 Å². The molecule has 8 heteroatoms. The molecule has 3 aromatic carbocycles. The second-order valence-electron chi connectivity index (χ2n) is 7.60. The van der Waals surface area contributed by atoms with Gasteiger partial charge in [-0.1, -0.05) is 42.5 Å². The van der Waals surface area contributed by atoms with Crippen molar-refractivity contribution < 1.29 is 28.3 Å². The monoisotopic (exact) mass is 448 g/mol. The molecule has 0 fully saturated rings. The number of benzene rings is 3. The molecule has 3 amide bonds. The first kappa shape index (κ1) is 22.1. The third-order valence-electron chi connectivity index (χ3n) is 5.42. The summed E-state index contributed by atoms with van der Waals surface area (Å²) >= 11 is 0. The first-order chi connectivity index (χ1) is 16.0. The van der Waals surface area contributed by atoms with E-state index in [4.69, 9.17) is 4.74 Å². The average Bonchev–Trinajstić information content (AvgIpc) is 2.82. The summed E-state index contributed by atoms with van der Waals surface area (Å²) in [6, 6.07) is 16.6. The molecule has 1 N–H and O–H groups in total. The van der Waals surface area contributed by atoms with Gasteiger partial charge in [-0.15, -0.1) is 0 Å². The second-order valence-corrected chi connectivity index (χ2v) is 7.60. The van der Waals surface area contributed by atoms with Crippen LogP contribution in [0.25, 0.3) is 10.8 Å². The highest BCUT2D eigenvalue weighted by molar-refractivity contribution is 6.25. The highest BCUT2D eigenvalue weighted by Crippen LogP contribution is 2.30. The highest BCUT2D eigenvalue weighted by atomic mass is 19.1. The number of amides is 3. The van der Waals surface area contributed by atoms with Crippen LogP contribution in [0.2, 0.25) is 0 Å². The summed E-state index contributed by atoms with van der Waals surface area (Å²) in [4.78, 5) is 50.6. The Labute approximate surface area is 189 Å². The summed E-state index contributed by atoms with van der Waals surface area (Å²) in [7, 11) is 0. The SMILES string of the molecule is O=C(COC(=O)CCCN1C(=O)c2cccc3cccc(c23)C1=O)NCc1ccccc1F. The van der Waals surface area contributed by atoms with Crippen molar-refractivity contribution in [2.24, 2.45) is 0 Å². The number of carbonyl (C=O) groups excluding carboxylic acids is 4. The molecule has 33 heavy (non-hydrogen) atoms. The Bertz CT molecular complexity index is 1210. The fraction of sp³-hybridized carbons (Fsp3) is 0.200. The topological polar surface area (TPSA) is 92.8 Å². The van der Waals surface area contributed by atoms with Crippen LogP contribution in [0, 0.1) is 5.82 Å². The zero-order valence-corrected chi connectivity index (χ0v) is 17.7. The van der Waals surface area contributed by atoms with Gasteiger partial charge in [-0.2, -0.15) is 0 Å². The number of rotatable bonds is 8. The minimum absolute atomic E-state index is 0.0174. The van der Waals surface area contributed by atoms with Crippen LogP contribution in [0.1, 0.15) is 39.1 Å². The molecule has 0 saturated heterocycles. The molecule has 0 spiro atoms. The summed E-state index contributed by atoms with van der Waals surface area (Å²) in [5, 5.41) is 3.95. The van der Waals surface area contributed by atoms with Gasteiger partial charge in [0.25, 0.3) is 17.7 Å². The molecule has 0 radical (unpaired) electrons. The summed E-state index contributed by atoms with van der Waals surface area (Å²) in [5.41, 5.74) is 1.24. The zero-order valence-electron chi connectivity index (χ0n) is 17.7. The third kappa shape index (κ3) is 4.74. The van der Waals surface area contributed by atoms with Crippen LogP contribution in [0.4, 0.5) is 4.39 Å². The van der Waals surface area contributed by atoms with E-state index in [1.54, 1.807) is 42.5 Å². The molecule has 0 saturated carbocycles. The fourth-order valence-electron chi connectivity index (χ4n) is 3.77. The summed E-state index contributed by atoms with van der Waals surface area (Å²) in [5.74, 6) is -2.42. The Morgan fingerprint density at radius 3 is 2.24 bits per heavy atom. The van der Waals surface area contributed by atoms with Gasteiger partial charge in [0.15, 0.2) is 6.61 Å². The normalized spacial score (nSPS) is 12.7. The van der Waals surface area contributed by atoms with Gasteiger partial charge in [-0.05, 0) is 30.0 Å². The van der Waals surface area contributed by atoms with Gasteiger partial charge >= 0.3 is 5.97 Å². The Kier molecular flexibility index (Phi) is 6.44. The van der Waals surface area contributed by atoms with Gasteiger partial charge < -0.3 is 10.1 Å². The van der Waals surface area contributed by atoms with E-state index in [2.05, 4.69) is 5.32 Å². The number of nitrogens with one attached hydrogen (secondary N) is 1. The quantitative estimate of drug-likeness (QED) is 0.422. The van der Waals surface area contributed by atoms with Gasteiger partial charge in [-0.25, -0.2) is 4.39 Å². The molecule has 0 aliphatic carbocycles. The van der Waals surface area contributed by atoms with Gasteiger partial charge in [0.1, 0.15) is 5.82 Å². The average molecular weight is 448 g/mol. The lowest BCUT2D eigenvalue weighted by molar-refractivity contribution is -0.148. The maximum Gasteiger partial charge on any atom is 0.306 e. The Hall–Kier alpha value is -4.07. The molecule has 1 aliphatic heterocycles. The molecule has 7 nitrogen and oxygen atoms in total. The Balaban J connectivity index is 1.25. The molecule has 1 aliphatic rings. The van der Waals surface area contributed by atoms with E-state index in [9.17, 15) is 23.6 Å². The van der Waals surface area contributed by atoms with Crippen molar-refractivity contribution in [2.45, 2.75) is 19.4 Å². The smallest absolute Gasteiger partial charge is 0.306 e. The maximum atomic E-state index is 13.6. The van der Waals surface area contributed by atoms with Crippen molar-refractivity contribution in [1.82, 2.24) is 10.2 Å². The van der Waals surface area contributed by atoms with Crippen molar-refractivity contribution in [3.8, 4) is 0 Å². The molecule has 1 heterocycles. The number of nitrogens with zero attached hydrogens (tertiary/aromatic N) is 1. The van der Waals surface area contributed by atoms with Gasteiger partial charge in [-0.3, -0.25) is 24.1 Å². The highest BCUT2D eigenvalue weighted by Gasteiger charge is 2.32. The van der Waals surface area contributed by atoms with Crippen LogP contribution < -0.4 is 5.32 Å². The van der Waals surface area contributed by atoms with Crippen molar-refractivity contribution in [2.75, 3.05) is 13.2 Å². The molecular weight excluding hydrogens is 427 g/mol. The molecule has 3 aromatic rings. The van der Waals surface area contributed by atoms with Gasteiger partial charge in [0.05, 0.1) is 0 Å². The second kappa shape index (κ2) is 9.60. The predicted octanol–water partition coefficient (Wildman–Crippen LogP) is 3.21. The molecule has 168 valence electrons. The number of ether oxygens (including phenoxy) is 1. The lowest BCUT2D eigenvalue weighted by Crippen LogP contribution is -2.41. The standard InChI is InChI=1S/C25H21FN2O5/c26-20-11-2-1-6-17(20)14-27-21(29)15-33-22(30)12-5-13-28-24(31)18-9-3-7-16-8-4-10-19(23(16)18)25(28)32/h1-4,6-11H,5,12-15H2,(H,27,29). The van der Waals surface area contributed by atoms with Gasteiger partial charge in [0.2, 0.25) is 0 Å². The largest absolute Gasteiger partial charge is 0.456 e. The van der Waals surface area contributed by atoms with Crippen molar-refractivity contribution >= 4 is 34.5 Å². The van der Waals surface area contributed by atoms with Crippen LogP contribution >= 0.6 is 0 Å². The number of imide groups is 1. The van der Waals surface area contributed by atoms with E-state index >= 15 is 0 Å². The first-order valence-corrected chi connectivity index (χ1v) is 10.5. The minimum Gasteiger partial charge on any atom is -0.456 e. The first-order valence-electron chi connectivity index (χ1n) is 10.5. The molecule has 4 rings (SSSR count). The predicted molar refractivity (Wildman–Crippen MR) is 118 cm³/mol. The van der Waals surface area contributed by atoms with Crippen LogP contribution in [0.3, 0.4) is 0 Å². The molecule has 0 bridgehead atoms. The van der Waals surface area contributed by atoms with Crippen LogP contribution in [-0.4, -0.2) is 41.7 Å². The number of esters is 1. The van der Waals surface area contributed by atoms with E-state index in [0.29, 0.717) is 22.1 Å². The number of halogens is 1. The zero-order chi connectivity index (χ0) is 23.4. The van der Waals surface area contributed by atoms with E-state index < -0.39 is 36.1 Å². The summed E-state index contributed by atoms with van der Waals surface area (Å²) in [6.07, 6.45) is 0.134. The lowest BCUT2D eigenvalue weighted by atomic mass is 9.94. The molecular formula is C25H21FN2O5. The molecule has 0 unspecified atom stereocenters.